The molecule has 1 aromatic carbocycles. The van der Waals surface area contributed by atoms with E-state index in [1.54, 1.807) is 18.6 Å². The van der Waals surface area contributed by atoms with Crippen LogP contribution >= 0.6 is 23.1 Å². The van der Waals surface area contributed by atoms with Crippen molar-refractivity contribution < 1.29 is 4.74 Å². The molecule has 3 heterocycles. The zero-order chi connectivity index (χ0) is 15.6. The average Bonchev–Trinajstić information content (AvgIpc) is 3.22. The van der Waals surface area contributed by atoms with Crippen molar-refractivity contribution in [2.45, 2.75) is 6.61 Å². The van der Waals surface area contributed by atoms with Crippen LogP contribution in [0.3, 0.4) is 0 Å². The lowest BCUT2D eigenvalue weighted by Crippen LogP contribution is -2.46. The van der Waals surface area contributed by atoms with Gasteiger partial charge in [0.1, 0.15) is 12.4 Å². The van der Waals surface area contributed by atoms with Gasteiger partial charge >= 0.3 is 0 Å². The lowest BCUT2D eigenvalue weighted by molar-refractivity contribution is 0.179. The van der Waals surface area contributed by atoms with E-state index in [0.717, 1.165) is 43.0 Å². The van der Waals surface area contributed by atoms with E-state index in [2.05, 4.69) is 47.8 Å². The molecule has 0 N–H and O–H groups in total. The molecule has 0 amide bonds. The lowest BCUT2D eigenvalue weighted by Gasteiger charge is -2.34. The zero-order valence-corrected chi connectivity index (χ0v) is 14.4. The first-order valence-electron chi connectivity index (χ1n) is 7.51. The summed E-state index contributed by atoms with van der Waals surface area (Å²) in [5.74, 6) is 1.88. The molecule has 1 aliphatic heterocycles. The van der Waals surface area contributed by atoms with Gasteiger partial charge in [0.05, 0.1) is 4.70 Å². The van der Waals surface area contributed by atoms with Crippen molar-refractivity contribution in [1.29, 1.82) is 0 Å². The van der Waals surface area contributed by atoms with E-state index in [9.17, 15) is 0 Å². The first kappa shape index (κ1) is 14.8. The van der Waals surface area contributed by atoms with Crippen molar-refractivity contribution >= 4 is 44.1 Å². The highest BCUT2D eigenvalue weighted by Crippen LogP contribution is 2.30. The minimum atomic E-state index is 0.473. The molecule has 1 fully saturated rings. The van der Waals surface area contributed by atoms with Gasteiger partial charge in [-0.15, -0.1) is 0 Å². The van der Waals surface area contributed by atoms with Gasteiger partial charge in [-0.1, -0.05) is 12.1 Å². The van der Waals surface area contributed by atoms with Gasteiger partial charge in [-0.25, -0.2) is 4.98 Å². The molecule has 0 unspecified atom stereocenters. The Morgan fingerprint density at radius 3 is 2.65 bits per heavy atom. The summed E-state index contributed by atoms with van der Waals surface area (Å²) in [7, 11) is 1.66. The van der Waals surface area contributed by atoms with E-state index in [4.69, 9.17) is 4.74 Å². The van der Waals surface area contributed by atoms with Gasteiger partial charge < -0.3 is 14.5 Å². The van der Waals surface area contributed by atoms with Crippen LogP contribution in [-0.4, -0.2) is 47.0 Å². The number of benzene rings is 1. The Labute approximate surface area is 142 Å². The Hall–Kier alpha value is -1.77. The molecule has 0 spiro atoms. The minimum Gasteiger partial charge on any atom is -0.377 e. The summed E-state index contributed by atoms with van der Waals surface area (Å²) < 4.78 is 15.3. The van der Waals surface area contributed by atoms with Crippen LogP contribution in [0.4, 0.5) is 10.9 Å². The maximum atomic E-state index is 5.08. The largest absolute Gasteiger partial charge is 0.377 e. The van der Waals surface area contributed by atoms with Crippen LogP contribution in [0.2, 0.25) is 0 Å². The van der Waals surface area contributed by atoms with E-state index in [-0.39, 0.29) is 0 Å². The fourth-order valence-electron chi connectivity index (χ4n) is 2.77. The molecule has 4 rings (SSSR count). The number of nitrogens with zero attached hydrogens (tertiary/aromatic N) is 5. The zero-order valence-electron chi connectivity index (χ0n) is 12.8. The van der Waals surface area contributed by atoms with E-state index >= 15 is 0 Å². The molecule has 0 bridgehead atoms. The van der Waals surface area contributed by atoms with Crippen molar-refractivity contribution in [2.75, 3.05) is 43.1 Å². The highest BCUT2D eigenvalue weighted by Gasteiger charge is 2.22. The fourth-order valence-corrected chi connectivity index (χ4v) is 4.29. The molecule has 6 nitrogen and oxygen atoms in total. The minimum absolute atomic E-state index is 0.473. The lowest BCUT2D eigenvalue weighted by atomic mass is 10.2. The third kappa shape index (κ3) is 2.89. The smallest absolute Gasteiger partial charge is 0.205 e. The summed E-state index contributed by atoms with van der Waals surface area (Å²) in [6.07, 6.45) is 0. The number of methoxy groups -OCH3 is 1. The second-order valence-corrected chi connectivity index (χ2v) is 6.94. The maximum Gasteiger partial charge on any atom is 0.205 e. The first-order chi connectivity index (χ1) is 11.3. The van der Waals surface area contributed by atoms with Crippen molar-refractivity contribution in [1.82, 2.24) is 13.7 Å². The fraction of sp³-hybridized carbons (Fsp3) is 0.400. The standard InChI is InChI=1S/C15H17N5OS2/c1-21-10-13-16-15(23-17-13)20-8-6-19(7-9-20)14-11-4-2-3-5-12(11)22-18-14/h2-5H,6-10H2,1H3. The number of anilines is 2. The summed E-state index contributed by atoms with van der Waals surface area (Å²) in [6.45, 7) is 4.25. The topological polar surface area (TPSA) is 54.4 Å². The molecule has 2 aromatic heterocycles. The monoisotopic (exact) mass is 347 g/mol. The quantitative estimate of drug-likeness (QED) is 0.723. The van der Waals surface area contributed by atoms with Crippen molar-refractivity contribution in [2.24, 2.45) is 0 Å². The average molecular weight is 347 g/mol. The van der Waals surface area contributed by atoms with Crippen LogP contribution in [0.25, 0.3) is 10.1 Å². The van der Waals surface area contributed by atoms with Gasteiger partial charge in [0.15, 0.2) is 5.82 Å². The van der Waals surface area contributed by atoms with E-state index in [0.29, 0.717) is 6.61 Å². The van der Waals surface area contributed by atoms with Crippen molar-refractivity contribution in [3.63, 3.8) is 0 Å². The Kier molecular flexibility index (Phi) is 4.11. The maximum absolute atomic E-state index is 5.08. The third-order valence-corrected chi connectivity index (χ3v) is 5.57. The molecule has 0 aliphatic carbocycles. The van der Waals surface area contributed by atoms with Gasteiger partial charge in [-0.05, 0) is 23.7 Å². The SMILES string of the molecule is COCc1nsc(N2CCN(c3nsc4ccccc34)CC2)n1. The second kappa shape index (κ2) is 6.38. The Balaban J connectivity index is 1.46. The number of hydrogen-bond donors (Lipinski definition) is 0. The molecule has 1 aliphatic rings. The predicted molar refractivity (Wildman–Crippen MR) is 94.7 cm³/mol. The van der Waals surface area contributed by atoms with Crippen molar-refractivity contribution in [3.05, 3.63) is 30.1 Å². The molecule has 3 aromatic rings. The molecule has 0 atom stereocenters. The number of piperazine rings is 1. The highest BCUT2D eigenvalue weighted by molar-refractivity contribution is 7.13. The predicted octanol–water partition coefficient (Wildman–Crippen LogP) is 2.62. The number of fused-ring (bicyclic) bond motifs is 1. The van der Waals surface area contributed by atoms with Gasteiger partial charge in [0.2, 0.25) is 5.13 Å². The summed E-state index contributed by atoms with van der Waals surface area (Å²) >= 11 is 3.02. The van der Waals surface area contributed by atoms with Gasteiger partial charge in [0.25, 0.3) is 0 Å². The van der Waals surface area contributed by atoms with Crippen LogP contribution in [0.1, 0.15) is 5.82 Å². The molecule has 0 saturated carbocycles. The number of aromatic nitrogens is 3. The Morgan fingerprint density at radius 1 is 1.04 bits per heavy atom. The van der Waals surface area contributed by atoms with Crippen LogP contribution < -0.4 is 9.80 Å². The van der Waals surface area contributed by atoms with Crippen LogP contribution in [0.5, 0.6) is 0 Å². The summed E-state index contributed by atoms with van der Waals surface area (Å²) in [4.78, 5) is 9.20. The molecule has 0 radical (unpaired) electrons. The van der Waals surface area contributed by atoms with E-state index < -0.39 is 0 Å². The van der Waals surface area contributed by atoms with Gasteiger partial charge in [-0.2, -0.15) is 8.75 Å². The molecule has 23 heavy (non-hydrogen) atoms. The second-order valence-electron chi connectivity index (χ2n) is 5.40. The summed E-state index contributed by atoms with van der Waals surface area (Å²) in [6, 6.07) is 8.43. The Bertz CT molecular complexity index is 794. The Morgan fingerprint density at radius 2 is 1.83 bits per heavy atom. The number of ether oxygens (including phenoxy) is 1. The molecular weight excluding hydrogens is 330 g/mol. The van der Waals surface area contributed by atoms with Crippen LogP contribution in [-0.2, 0) is 11.3 Å². The van der Waals surface area contributed by atoms with Crippen LogP contribution in [0.15, 0.2) is 24.3 Å². The molecule has 120 valence electrons. The molecule has 1 saturated heterocycles. The van der Waals surface area contributed by atoms with Crippen molar-refractivity contribution in [3.8, 4) is 0 Å². The van der Waals surface area contributed by atoms with Gasteiger partial charge in [0, 0.05) is 50.2 Å². The normalized spacial score (nSPS) is 15.5. The first-order valence-corrected chi connectivity index (χ1v) is 9.05. The van der Waals surface area contributed by atoms with E-state index in [1.807, 2.05) is 0 Å². The molecular formula is C15H17N5OS2. The highest BCUT2D eigenvalue weighted by atomic mass is 32.1. The molecule has 8 heteroatoms. The summed E-state index contributed by atoms with van der Waals surface area (Å²) in [5, 5.41) is 2.24. The number of hydrogen-bond acceptors (Lipinski definition) is 8. The van der Waals surface area contributed by atoms with Gasteiger partial charge in [-0.3, -0.25) is 0 Å². The summed E-state index contributed by atoms with van der Waals surface area (Å²) in [5.41, 5.74) is 0. The number of rotatable bonds is 4. The van der Waals surface area contributed by atoms with Crippen LogP contribution in [0, 0.1) is 0 Å². The van der Waals surface area contributed by atoms with E-state index in [1.165, 1.54) is 21.6 Å². The third-order valence-electron chi connectivity index (χ3n) is 3.94.